The lowest BCUT2D eigenvalue weighted by Gasteiger charge is -2.01. The number of unbranched alkanes of at least 4 members (excludes halogenated alkanes) is 5. The molecule has 0 aromatic carbocycles. The molecule has 0 aliphatic carbocycles. The van der Waals surface area contributed by atoms with E-state index in [4.69, 9.17) is 5.73 Å². The summed E-state index contributed by atoms with van der Waals surface area (Å²) < 4.78 is 0. The van der Waals surface area contributed by atoms with E-state index in [-0.39, 0.29) is 0 Å². The van der Waals surface area contributed by atoms with E-state index in [9.17, 15) is 0 Å². The van der Waals surface area contributed by atoms with Crippen LogP contribution in [0.1, 0.15) is 52.4 Å². The van der Waals surface area contributed by atoms with Crippen LogP contribution in [0.3, 0.4) is 0 Å². The quantitative estimate of drug-likeness (QED) is 0.569. The molecule has 0 fully saturated rings. The van der Waals surface area contributed by atoms with Crippen molar-refractivity contribution >= 4 is 0 Å². The fourth-order valence-corrected chi connectivity index (χ4v) is 1.24. The summed E-state index contributed by atoms with van der Waals surface area (Å²) in [7, 11) is 0. The van der Waals surface area contributed by atoms with Crippen molar-refractivity contribution in [1.29, 1.82) is 0 Å². The molecular weight excluding hydrogens is 160 g/mol. The van der Waals surface area contributed by atoms with Gasteiger partial charge >= 0.3 is 0 Å². The molecule has 0 aromatic heterocycles. The standard InChI is InChI=1S/C11H24N2/c1-3-4-5-6-7-8-9-13-10-11(2)12/h10,13H,3-9,12H2,1-2H3. The Bertz CT molecular complexity index is 126. The fraction of sp³-hybridized carbons (Fsp3) is 0.818. The maximum atomic E-state index is 5.47. The summed E-state index contributed by atoms with van der Waals surface area (Å²) in [5, 5.41) is 3.19. The van der Waals surface area contributed by atoms with Gasteiger partial charge in [-0.2, -0.15) is 0 Å². The van der Waals surface area contributed by atoms with E-state index in [1.165, 1.54) is 38.5 Å². The van der Waals surface area contributed by atoms with Gasteiger partial charge in [-0.15, -0.1) is 0 Å². The summed E-state index contributed by atoms with van der Waals surface area (Å²) >= 11 is 0. The topological polar surface area (TPSA) is 38.0 Å². The average Bonchev–Trinajstić information content (AvgIpc) is 2.09. The highest BCUT2D eigenvalue weighted by atomic mass is 14.8. The van der Waals surface area contributed by atoms with E-state index >= 15 is 0 Å². The zero-order valence-electron chi connectivity index (χ0n) is 9.10. The maximum Gasteiger partial charge on any atom is 0.0208 e. The first kappa shape index (κ1) is 12.3. The van der Waals surface area contributed by atoms with E-state index in [1.807, 2.05) is 13.1 Å². The molecule has 0 aliphatic heterocycles. The zero-order valence-corrected chi connectivity index (χ0v) is 9.10. The minimum Gasteiger partial charge on any atom is -0.401 e. The van der Waals surface area contributed by atoms with Crippen LogP contribution in [0.5, 0.6) is 0 Å². The second-order valence-corrected chi connectivity index (χ2v) is 3.61. The van der Waals surface area contributed by atoms with Gasteiger partial charge in [-0.3, -0.25) is 0 Å². The number of hydrogen-bond donors (Lipinski definition) is 2. The highest BCUT2D eigenvalue weighted by molar-refractivity contribution is 4.88. The SMILES string of the molecule is CCCCCCCCNC=C(C)N. The predicted octanol–water partition coefficient (Wildman–Crippen LogP) is 2.76. The Morgan fingerprint density at radius 3 is 2.38 bits per heavy atom. The van der Waals surface area contributed by atoms with Gasteiger partial charge in [-0.05, 0) is 13.3 Å². The van der Waals surface area contributed by atoms with Crippen LogP contribution in [0.15, 0.2) is 11.9 Å². The lowest BCUT2D eigenvalue weighted by Crippen LogP contribution is -2.09. The van der Waals surface area contributed by atoms with Crippen LogP contribution >= 0.6 is 0 Å². The summed E-state index contributed by atoms with van der Waals surface area (Å²) in [5.74, 6) is 0. The van der Waals surface area contributed by atoms with Crippen molar-refractivity contribution in [1.82, 2.24) is 5.32 Å². The van der Waals surface area contributed by atoms with Crippen molar-refractivity contribution in [3.05, 3.63) is 11.9 Å². The van der Waals surface area contributed by atoms with Crippen LogP contribution in [-0.2, 0) is 0 Å². The smallest absolute Gasteiger partial charge is 0.0208 e. The molecule has 78 valence electrons. The lowest BCUT2D eigenvalue weighted by atomic mass is 10.1. The van der Waals surface area contributed by atoms with Crippen molar-refractivity contribution in [2.75, 3.05) is 6.54 Å². The molecule has 2 heteroatoms. The number of rotatable bonds is 8. The molecule has 0 atom stereocenters. The van der Waals surface area contributed by atoms with Crippen molar-refractivity contribution in [2.24, 2.45) is 5.73 Å². The number of nitrogens with two attached hydrogens (primary N) is 1. The summed E-state index contributed by atoms with van der Waals surface area (Å²) in [5.41, 5.74) is 6.32. The molecule has 0 bridgehead atoms. The van der Waals surface area contributed by atoms with Crippen LogP contribution in [0.4, 0.5) is 0 Å². The fourth-order valence-electron chi connectivity index (χ4n) is 1.24. The minimum absolute atomic E-state index is 0.853. The molecule has 0 heterocycles. The Hall–Kier alpha value is -0.660. The molecule has 0 unspecified atom stereocenters. The molecule has 0 spiro atoms. The molecular formula is C11H24N2. The molecule has 0 rings (SSSR count). The highest BCUT2D eigenvalue weighted by Gasteiger charge is 1.88. The molecule has 0 saturated carbocycles. The monoisotopic (exact) mass is 184 g/mol. The van der Waals surface area contributed by atoms with Crippen molar-refractivity contribution in [3.63, 3.8) is 0 Å². The van der Waals surface area contributed by atoms with Gasteiger partial charge in [0.1, 0.15) is 0 Å². The third-order valence-corrected chi connectivity index (χ3v) is 2.00. The van der Waals surface area contributed by atoms with E-state index in [0.717, 1.165) is 12.2 Å². The summed E-state index contributed by atoms with van der Waals surface area (Å²) in [6.07, 6.45) is 9.95. The Labute approximate surface area is 82.6 Å². The summed E-state index contributed by atoms with van der Waals surface area (Å²) in [4.78, 5) is 0. The van der Waals surface area contributed by atoms with E-state index in [2.05, 4.69) is 12.2 Å². The molecule has 0 aromatic rings. The zero-order chi connectivity index (χ0) is 9.94. The van der Waals surface area contributed by atoms with Crippen LogP contribution in [-0.4, -0.2) is 6.54 Å². The van der Waals surface area contributed by atoms with Gasteiger partial charge < -0.3 is 11.1 Å². The minimum atomic E-state index is 0.853. The molecule has 13 heavy (non-hydrogen) atoms. The van der Waals surface area contributed by atoms with Gasteiger partial charge in [0.15, 0.2) is 0 Å². The summed E-state index contributed by atoms with van der Waals surface area (Å²) in [6, 6.07) is 0. The van der Waals surface area contributed by atoms with E-state index in [1.54, 1.807) is 0 Å². The molecule has 0 radical (unpaired) electrons. The first-order chi connectivity index (χ1) is 6.27. The number of allylic oxidation sites excluding steroid dienone is 1. The van der Waals surface area contributed by atoms with E-state index in [0.29, 0.717) is 0 Å². The third kappa shape index (κ3) is 11.3. The normalized spacial score (nSPS) is 11.7. The maximum absolute atomic E-state index is 5.47. The average molecular weight is 184 g/mol. The van der Waals surface area contributed by atoms with Gasteiger partial charge in [-0.25, -0.2) is 0 Å². The molecule has 0 saturated heterocycles. The molecule has 2 nitrogen and oxygen atoms in total. The van der Waals surface area contributed by atoms with Crippen LogP contribution in [0.25, 0.3) is 0 Å². The van der Waals surface area contributed by atoms with Gasteiger partial charge in [-0.1, -0.05) is 39.0 Å². The van der Waals surface area contributed by atoms with Crippen molar-refractivity contribution < 1.29 is 0 Å². The van der Waals surface area contributed by atoms with Gasteiger partial charge in [0, 0.05) is 18.4 Å². The van der Waals surface area contributed by atoms with Gasteiger partial charge in [0.2, 0.25) is 0 Å². The Morgan fingerprint density at radius 2 is 1.77 bits per heavy atom. The van der Waals surface area contributed by atoms with Gasteiger partial charge in [0.05, 0.1) is 0 Å². The highest BCUT2D eigenvalue weighted by Crippen LogP contribution is 2.03. The second kappa shape index (κ2) is 9.43. The van der Waals surface area contributed by atoms with Gasteiger partial charge in [0.25, 0.3) is 0 Å². The summed E-state index contributed by atoms with van der Waals surface area (Å²) in [6.45, 7) is 5.20. The van der Waals surface area contributed by atoms with Crippen molar-refractivity contribution in [2.45, 2.75) is 52.4 Å². The van der Waals surface area contributed by atoms with Crippen LogP contribution < -0.4 is 11.1 Å². The Kier molecular flexibility index (Phi) is 8.95. The Morgan fingerprint density at radius 1 is 1.15 bits per heavy atom. The first-order valence-corrected chi connectivity index (χ1v) is 5.43. The second-order valence-electron chi connectivity index (χ2n) is 3.61. The van der Waals surface area contributed by atoms with Crippen LogP contribution in [0.2, 0.25) is 0 Å². The molecule has 0 aliphatic rings. The number of hydrogen-bond acceptors (Lipinski definition) is 2. The van der Waals surface area contributed by atoms with Crippen LogP contribution in [0, 0.1) is 0 Å². The van der Waals surface area contributed by atoms with Crippen molar-refractivity contribution in [3.8, 4) is 0 Å². The largest absolute Gasteiger partial charge is 0.401 e. The first-order valence-electron chi connectivity index (χ1n) is 5.43. The third-order valence-electron chi connectivity index (χ3n) is 2.00. The lowest BCUT2D eigenvalue weighted by molar-refractivity contribution is 0.597. The number of nitrogens with one attached hydrogen (secondary N) is 1. The predicted molar refractivity (Wildman–Crippen MR) is 59.3 cm³/mol. The van der Waals surface area contributed by atoms with E-state index < -0.39 is 0 Å². The molecule has 0 amide bonds. The molecule has 3 N–H and O–H groups in total. The Balaban J connectivity index is 2.96.